The molecule has 90 valence electrons. The Morgan fingerprint density at radius 3 is 2.38 bits per heavy atom. The van der Waals surface area contributed by atoms with Gasteiger partial charge in [0, 0.05) is 6.54 Å². The normalized spacial score (nSPS) is 10.9. The molecular weight excluding hydrogens is 198 g/mol. The zero-order chi connectivity index (χ0) is 11.8. The number of phenolic OH excluding ortho intramolecular Hbond substituents is 1. The van der Waals surface area contributed by atoms with E-state index in [1.165, 1.54) is 31.4 Å². The number of rotatable bonds is 7. The van der Waals surface area contributed by atoms with Crippen molar-refractivity contribution in [3.05, 3.63) is 29.8 Å². The van der Waals surface area contributed by atoms with Gasteiger partial charge in [0.25, 0.3) is 0 Å². The van der Waals surface area contributed by atoms with Crippen LogP contribution in [0.1, 0.15) is 31.7 Å². The van der Waals surface area contributed by atoms with Crippen molar-refractivity contribution < 1.29 is 5.11 Å². The molecule has 2 heteroatoms. The van der Waals surface area contributed by atoms with Gasteiger partial charge in [0.05, 0.1) is 0 Å². The van der Waals surface area contributed by atoms with Crippen LogP contribution in [-0.2, 0) is 6.42 Å². The summed E-state index contributed by atoms with van der Waals surface area (Å²) in [5.41, 5.74) is 1.29. The van der Waals surface area contributed by atoms with Crippen LogP contribution < -0.4 is 0 Å². The van der Waals surface area contributed by atoms with Crippen molar-refractivity contribution in [3.63, 3.8) is 0 Å². The summed E-state index contributed by atoms with van der Waals surface area (Å²) in [6.45, 7) is 4.51. The Labute approximate surface area is 98.9 Å². The number of likely N-dealkylation sites (N-methyl/N-ethyl adjacent to an activating group) is 1. The van der Waals surface area contributed by atoms with Crippen molar-refractivity contribution in [2.45, 2.75) is 32.6 Å². The van der Waals surface area contributed by atoms with Crippen LogP contribution in [0.3, 0.4) is 0 Å². The third-order valence-electron chi connectivity index (χ3n) is 2.86. The molecule has 0 radical (unpaired) electrons. The highest BCUT2D eigenvalue weighted by atomic mass is 16.3. The monoisotopic (exact) mass is 221 g/mol. The molecule has 1 aromatic rings. The largest absolute Gasteiger partial charge is 0.508 e. The average molecular weight is 221 g/mol. The Kier molecular flexibility index (Phi) is 5.94. The highest BCUT2D eigenvalue weighted by Crippen LogP contribution is 2.10. The number of aromatic hydroxyl groups is 1. The van der Waals surface area contributed by atoms with Gasteiger partial charge in [0.2, 0.25) is 0 Å². The molecule has 0 aliphatic heterocycles. The molecule has 0 fully saturated rings. The first-order valence-electron chi connectivity index (χ1n) is 6.19. The maximum absolute atomic E-state index is 9.17. The van der Waals surface area contributed by atoms with Gasteiger partial charge in [-0.3, -0.25) is 0 Å². The van der Waals surface area contributed by atoms with Gasteiger partial charge in [0.1, 0.15) is 5.75 Å². The van der Waals surface area contributed by atoms with Crippen molar-refractivity contribution in [2.24, 2.45) is 0 Å². The molecule has 1 aromatic carbocycles. The smallest absolute Gasteiger partial charge is 0.115 e. The van der Waals surface area contributed by atoms with E-state index in [2.05, 4.69) is 18.9 Å². The number of unbranched alkanes of at least 4 members (excludes halogenated alkanes) is 2. The fourth-order valence-corrected chi connectivity index (χ4v) is 1.73. The lowest BCUT2D eigenvalue weighted by molar-refractivity contribution is 0.329. The van der Waals surface area contributed by atoms with Crippen LogP contribution in [0.25, 0.3) is 0 Å². The first kappa shape index (κ1) is 13.0. The van der Waals surface area contributed by atoms with Gasteiger partial charge in [-0.25, -0.2) is 0 Å². The predicted molar refractivity (Wildman–Crippen MR) is 68.8 cm³/mol. The average Bonchev–Trinajstić information content (AvgIpc) is 2.29. The standard InChI is InChI=1S/C14H23NO/c1-3-4-5-11-15(2)12-10-13-6-8-14(16)9-7-13/h6-9,16H,3-5,10-12H2,1-2H3. The fourth-order valence-electron chi connectivity index (χ4n) is 1.73. The molecule has 0 spiro atoms. The first-order chi connectivity index (χ1) is 7.72. The molecule has 0 aliphatic carbocycles. The lowest BCUT2D eigenvalue weighted by Gasteiger charge is -2.16. The van der Waals surface area contributed by atoms with Gasteiger partial charge in [-0.15, -0.1) is 0 Å². The quantitative estimate of drug-likeness (QED) is 0.715. The molecule has 0 atom stereocenters. The van der Waals surface area contributed by atoms with Gasteiger partial charge in [0.15, 0.2) is 0 Å². The Hall–Kier alpha value is -1.02. The van der Waals surface area contributed by atoms with Gasteiger partial charge in [-0.1, -0.05) is 31.9 Å². The van der Waals surface area contributed by atoms with Gasteiger partial charge >= 0.3 is 0 Å². The molecule has 1 N–H and O–H groups in total. The van der Waals surface area contributed by atoms with Gasteiger partial charge in [-0.2, -0.15) is 0 Å². The van der Waals surface area contributed by atoms with Crippen molar-refractivity contribution >= 4 is 0 Å². The summed E-state index contributed by atoms with van der Waals surface area (Å²) in [4.78, 5) is 2.38. The van der Waals surface area contributed by atoms with E-state index >= 15 is 0 Å². The number of nitrogens with zero attached hydrogens (tertiary/aromatic N) is 1. The van der Waals surface area contributed by atoms with Crippen LogP contribution in [-0.4, -0.2) is 30.1 Å². The van der Waals surface area contributed by atoms with Crippen LogP contribution in [0.2, 0.25) is 0 Å². The molecule has 2 nitrogen and oxygen atoms in total. The van der Waals surface area contributed by atoms with E-state index in [1.807, 2.05) is 12.1 Å². The molecule has 0 heterocycles. The summed E-state index contributed by atoms with van der Waals surface area (Å²) in [6.07, 6.45) is 4.96. The fraction of sp³-hybridized carbons (Fsp3) is 0.571. The number of hydrogen-bond donors (Lipinski definition) is 1. The minimum Gasteiger partial charge on any atom is -0.508 e. The van der Waals surface area contributed by atoms with E-state index in [1.54, 1.807) is 12.1 Å². The highest BCUT2D eigenvalue weighted by molar-refractivity contribution is 5.25. The van der Waals surface area contributed by atoms with Crippen LogP contribution in [0, 0.1) is 0 Å². The lowest BCUT2D eigenvalue weighted by atomic mass is 10.1. The van der Waals surface area contributed by atoms with Crippen LogP contribution in [0.4, 0.5) is 0 Å². The Bertz CT molecular complexity index is 281. The summed E-state index contributed by atoms with van der Waals surface area (Å²) in [7, 11) is 2.18. The first-order valence-corrected chi connectivity index (χ1v) is 6.19. The Balaban J connectivity index is 2.20. The van der Waals surface area contributed by atoms with E-state index < -0.39 is 0 Å². The van der Waals surface area contributed by atoms with Crippen molar-refractivity contribution in [1.29, 1.82) is 0 Å². The van der Waals surface area contributed by atoms with Crippen molar-refractivity contribution in [1.82, 2.24) is 4.90 Å². The second kappa shape index (κ2) is 7.29. The molecule has 0 aliphatic rings. The van der Waals surface area contributed by atoms with E-state index in [0.29, 0.717) is 5.75 Å². The minimum atomic E-state index is 0.347. The van der Waals surface area contributed by atoms with Crippen LogP contribution >= 0.6 is 0 Å². The van der Waals surface area contributed by atoms with Crippen molar-refractivity contribution in [2.75, 3.05) is 20.1 Å². The summed E-state index contributed by atoms with van der Waals surface area (Å²) in [5.74, 6) is 0.347. The van der Waals surface area contributed by atoms with E-state index in [0.717, 1.165) is 13.0 Å². The van der Waals surface area contributed by atoms with Gasteiger partial charge in [-0.05, 0) is 44.1 Å². The number of phenols is 1. The third kappa shape index (κ3) is 5.17. The second-order valence-electron chi connectivity index (χ2n) is 4.43. The molecule has 16 heavy (non-hydrogen) atoms. The summed E-state index contributed by atoms with van der Waals surface area (Å²) in [6, 6.07) is 7.50. The van der Waals surface area contributed by atoms with E-state index in [4.69, 9.17) is 5.11 Å². The lowest BCUT2D eigenvalue weighted by Crippen LogP contribution is -2.22. The molecule has 0 amide bonds. The minimum absolute atomic E-state index is 0.347. The molecule has 0 bridgehead atoms. The highest BCUT2D eigenvalue weighted by Gasteiger charge is 1.99. The SMILES string of the molecule is CCCCCN(C)CCc1ccc(O)cc1. The zero-order valence-electron chi connectivity index (χ0n) is 10.4. The van der Waals surface area contributed by atoms with Crippen LogP contribution in [0.15, 0.2) is 24.3 Å². The second-order valence-corrected chi connectivity index (χ2v) is 4.43. The summed E-state index contributed by atoms with van der Waals surface area (Å²) >= 11 is 0. The maximum atomic E-state index is 9.17. The number of hydrogen-bond acceptors (Lipinski definition) is 2. The van der Waals surface area contributed by atoms with Gasteiger partial charge < -0.3 is 10.0 Å². The van der Waals surface area contributed by atoms with Crippen LogP contribution in [0.5, 0.6) is 5.75 Å². The van der Waals surface area contributed by atoms with E-state index in [-0.39, 0.29) is 0 Å². The topological polar surface area (TPSA) is 23.5 Å². The number of benzene rings is 1. The predicted octanol–water partition coefficient (Wildman–Crippen LogP) is 3.06. The molecular formula is C14H23NO. The summed E-state index contributed by atoms with van der Waals surface area (Å²) < 4.78 is 0. The Morgan fingerprint density at radius 1 is 1.06 bits per heavy atom. The zero-order valence-corrected chi connectivity index (χ0v) is 10.4. The molecule has 0 saturated carbocycles. The molecule has 1 rings (SSSR count). The molecule has 0 aromatic heterocycles. The molecule has 0 saturated heterocycles. The van der Waals surface area contributed by atoms with Crippen molar-refractivity contribution in [3.8, 4) is 5.75 Å². The summed E-state index contributed by atoms with van der Waals surface area (Å²) in [5, 5.41) is 9.17. The molecule has 0 unspecified atom stereocenters. The maximum Gasteiger partial charge on any atom is 0.115 e. The van der Waals surface area contributed by atoms with E-state index in [9.17, 15) is 0 Å². The third-order valence-corrected chi connectivity index (χ3v) is 2.86. The Morgan fingerprint density at radius 2 is 1.75 bits per heavy atom.